The van der Waals surface area contributed by atoms with E-state index in [1.807, 2.05) is 43.3 Å². The number of aromatic nitrogens is 2. The molecule has 1 aliphatic heterocycles. The van der Waals surface area contributed by atoms with Crippen molar-refractivity contribution in [2.24, 2.45) is 0 Å². The summed E-state index contributed by atoms with van der Waals surface area (Å²) in [5, 5.41) is 4.65. The van der Waals surface area contributed by atoms with Crippen molar-refractivity contribution >= 4 is 23.2 Å². The Morgan fingerprint density at radius 2 is 2.04 bits per heavy atom. The van der Waals surface area contributed by atoms with Crippen molar-refractivity contribution in [3.05, 3.63) is 65.0 Å². The first-order chi connectivity index (χ1) is 12.1. The molecule has 1 aromatic heterocycles. The minimum Gasteiger partial charge on any atom is -0.339 e. The van der Waals surface area contributed by atoms with Gasteiger partial charge in [0, 0.05) is 29.2 Å². The number of carbonyl (C=O) groups is 1. The summed E-state index contributed by atoms with van der Waals surface area (Å²) in [5.41, 5.74) is 2.82. The normalized spacial score (nSPS) is 17.3. The lowest BCUT2D eigenvalue weighted by molar-refractivity contribution is -0.117. The summed E-state index contributed by atoms with van der Waals surface area (Å²) in [5.74, 6) is 0.934. The topological polar surface area (TPSA) is 59.2 Å². The summed E-state index contributed by atoms with van der Waals surface area (Å²) in [6.45, 7) is 2.55. The molecule has 2 aromatic carbocycles. The van der Waals surface area contributed by atoms with Crippen LogP contribution in [0.3, 0.4) is 0 Å². The lowest BCUT2D eigenvalue weighted by Crippen LogP contribution is -2.24. The summed E-state index contributed by atoms with van der Waals surface area (Å²) in [6.07, 6.45) is 0.366. The molecule has 5 nitrogen and oxygen atoms in total. The molecule has 1 fully saturated rings. The molecule has 3 aromatic rings. The number of nitrogens with zero attached hydrogens (tertiary/aromatic N) is 3. The zero-order valence-corrected chi connectivity index (χ0v) is 14.4. The van der Waals surface area contributed by atoms with Crippen LogP contribution in [-0.4, -0.2) is 22.6 Å². The van der Waals surface area contributed by atoms with Gasteiger partial charge >= 0.3 is 0 Å². The van der Waals surface area contributed by atoms with Crippen LogP contribution in [0.4, 0.5) is 5.69 Å². The van der Waals surface area contributed by atoms with E-state index in [2.05, 4.69) is 10.1 Å². The minimum atomic E-state index is -0.103. The third kappa shape index (κ3) is 3.15. The summed E-state index contributed by atoms with van der Waals surface area (Å²) in [7, 11) is 0. The smallest absolute Gasteiger partial charge is 0.232 e. The van der Waals surface area contributed by atoms with Crippen LogP contribution in [-0.2, 0) is 4.79 Å². The zero-order valence-electron chi connectivity index (χ0n) is 13.6. The molecule has 0 bridgehead atoms. The minimum absolute atomic E-state index is 0.0677. The second-order valence-electron chi connectivity index (χ2n) is 6.21. The van der Waals surface area contributed by atoms with Crippen LogP contribution in [0, 0.1) is 6.92 Å². The van der Waals surface area contributed by atoms with E-state index in [0.29, 0.717) is 29.7 Å². The quantitative estimate of drug-likeness (QED) is 0.707. The predicted molar refractivity (Wildman–Crippen MR) is 95.6 cm³/mol. The monoisotopic (exact) mass is 353 g/mol. The molecule has 6 heteroatoms. The number of hydrogen-bond donors (Lipinski definition) is 0. The van der Waals surface area contributed by atoms with Gasteiger partial charge in [0.1, 0.15) is 0 Å². The molecule has 0 saturated carbocycles. The van der Waals surface area contributed by atoms with Crippen molar-refractivity contribution in [1.29, 1.82) is 0 Å². The maximum absolute atomic E-state index is 12.4. The van der Waals surface area contributed by atoms with Crippen molar-refractivity contribution in [2.75, 3.05) is 11.4 Å². The number of hydrogen-bond acceptors (Lipinski definition) is 4. The van der Waals surface area contributed by atoms with E-state index < -0.39 is 0 Å². The maximum atomic E-state index is 12.4. The molecule has 126 valence electrons. The van der Waals surface area contributed by atoms with Crippen molar-refractivity contribution in [3.8, 4) is 11.4 Å². The fourth-order valence-electron chi connectivity index (χ4n) is 3.06. The second-order valence-corrected chi connectivity index (χ2v) is 6.65. The zero-order chi connectivity index (χ0) is 17.4. The Labute approximate surface area is 150 Å². The van der Waals surface area contributed by atoms with Gasteiger partial charge in [-0.05, 0) is 36.8 Å². The van der Waals surface area contributed by atoms with E-state index in [4.69, 9.17) is 16.1 Å². The van der Waals surface area contributed by atoms with Gasteiger partial charge in [0.05, 0.1) is 5.92 Å². The number of aryl methyl sites for hydroxylation is 1. The Hall–Kier alpha value is -2.66. The van der Waals surface area contributed by atoms with Gasteiger partial charge < -0.3 is 9.42 Å². The fraction of sp³-hybridized carbons (Fsp3) is 0.211. The molecule has 0 N–H and O–H groups in total. The molecule has 0 aliphatic carbocycles. The molecule has 1 unspecified atom stereocenters. The van der Waals surface area contributed by atoms with Crippen LogP contribution < -0.4 is 4.90 Å². The number of amides is 1. The van der Waals surface area contributed by atoms with E-state index >= 15 is 0 Å². The van der Waals surface area contributed by atoms with Crippen LogP contribution in [0.15, 0.2) is 53.1 Å². The van der Waals surface area contributed by atoms with Crippen molar-refractivity contribution in [3.63, 3.8) is 0 Å². The van der Waals surface area contributed by atoms with Crippen LogP contribution in [0.25, 0.3) is 11.4 Å². The van der Waals surface area contributed by atoms with E-state index in [0.717, 1.165) is 16.8 Å². The number of anilines is 1. The molecule has 1 aliphatic rings. The Morgan fingerprint density at radius 3 is 2.84 bits per heavy atom. The molecule has 1 saturated heterocycles. The summed E-state index contributed by atoms with van der Waals surface area (Å²) in [4.78, 5) is 18.7. The molecule has 2 heterocycles. The van der Waals surface area contributed by atoms with Crippen molar-refractivity contribution < 1.29 is 9.32 Å². The van der Waals surface area contributed by atoms with Gasteiger partial charge in [-0.1, -0.05) is 41.0 Å². The van der Waals surface area contributed by atoms with Crippen LogP contribution >= 0.6 is 11.6 Å². The molecule has 4 rings (SSSR count). The SMILES string of the molecule is Cc1cccc(N2CC(c3nc(-c4cccc(Cl)c4)no3)CC2=O)c1. The highest BCUT2D eigenvalue weighted by Gasteiger charge is 2.35. The lowest BCUT2D eigenvalue weighted by atomic mass is 10.1. The number of halogens is 1. The molecular weight excluding hydrogens is 338 g/mol. The van der Waals surface area contributed by atoms with Crippen LogP contribution in [0.2, 0.25) is 5.02 Å². The first kappa shape index (κ1) is 15.8. The third-order valence-corrected chi connectivity index (χ3v) is 4.55. The third-order valence-electron chi connectivity index (χ3n) is 4.31. The van der Waals surface area contributed by atoms with E-state index in [1.165, 1.54) is 0 Å². The number of carbonyl (C=O) groups excluding carboxylic acids is 1. The summed E-state index contributed by atoms with van der Waals surface area (Å²) in [6, 6.07) is 15.2. The highest BCUT2D eigenvalue weighted by Crippen LogP contribution is 2.32. The Bertz CT molecular complexity index is 938. The Kier molecular flexibility index (Phi) is 4.01. The van der Waals surface area contributed by atoms with Gasteiger partial charge in [-0.3, -0.25) is 4.79 Å². The fourth-order valence-corrected chi connectivity index (χ4v) is 3.25. The van der Waals surface area contributed by atoms with E-state index in [1.54, 1.807) is 17.0 Å². The highest BCUT2D eigenvalue weighted by molar-refractivity contribution is 6.30. The standard InChI is InChI=1S/C19H16ClN3O2/c1-12-4-2-7-16(8-12)23-11-14(10-17(23)24)19-21-18(22-25-19)13-5-3-6-15(20)9-13/h2-9,14H,10-11H2,1H3. The van der Waals surface area contributed by atoms with Crippen molar-refractivity contribution in [2.45, 2.75) is 19.3 Å². The number of rotatable bonds is 3. The predicted octanol–water partition coefficient (Wildman–Crippen LogP) is 4.22. The summed E-state index contributed by atoms with van der Waals surface area (Å²) >= 11 is 6.01. The van der Waals surface area contributed by atoms with E-state index in [-0.39, 0.29) is 11.8 Å². The lowest BCUT2D eigenvalue weighted by Gasteiger charge is -2.16. The van der Waals surface area contributed by atoms with Crippen LogP contribution in [0.5, 0.6) is 0 Å². The molecule has 1 atom stereocenters. The Morgan fingerprint density at radius 1 is 1.20 bits per heavy atom. The van der Waals surface area contributed by atoms with E-state index in [9.17, 15) is 4.79 Å². The molecule has 0 radical (unpaired) electrons. The molecule has 0 spiro atoms. The number of benzene rings is 2. The highest BCUT2D eigenvalue weighted by atomic mass is 35.5. The largest absolute Gasteiger partial charge is 0.339 e. The average molecular weight is 354 g/mol. The van der Waals surface area contributed by atoms with Crippen molar-refractivity contribution in [1.82, 2.24) is 10.1 Å². The van der Waals surface area contributed by atoms with Gasteiger partial charge in [-0.2, -0.15) is 4.98 Å². The maximum Gasteiger partial charge on any atom is 0.232 e. The molecule has 25 heavy (non-hydrogen) atoms. The molecular formula is C19H16ClN3O2. The van der Waals surface area contributed by atoms with Gasteiger partial charge in [-0.15, -0.1) is 0 Å². The second kappa shape index (κ2) is 6.33. The van der Waals surface area contributed by atoms with Gasteiger partial charge in [0.15, 0.2) is 0 Å². The average Bonchev–Trinajstić information content (AvgIpc) is 3.21. The first-order valence-electron chi connectivity index (χ1n) is 8.07. The van der Waals surface area contributed by atoms with Gasteiger partial charge in [-0.25, -0.2) is 0 Å². The molecule has 1 amide bonds. The van der Waals surface area contributed by atoms with Gasteiger partial charge in [0.2, 0.25) is 17.6 Å². The first-order valence-corrected chi connectivity index (χ1v) is 8.44. The Balaban J connectivity index is 1.57. The van der Waals surface area contributed by atoms with Gasteiger partial charge in [0.25, 0.3) is 0 Å². The van der Waals surface area contributed by atoms with Crippen LogP contribution in [0.1, 0.15) is 23.8 Å². The summed E-state index contributed by atoms with van der Waals surface area (Å²) < 4.78 is 5.42.